The van der Waals surface area contributed by atoms with E-state index >= 15 is 0 Å². The average Bonchev–Trinajstić information content (AvgIpc) is 2.66. The van der Waals surface area contributed by atoms with Gasteiger partial charge in [0.15, 0.2) is 0 Å². The number of nitrogen functional groups attached to an aromatic ring is 1. The Balaban J connectivity index is 2.67. The fraction of sp³-hybridized carbons (Fsp3) is 0.143. The third-order valence-corrected chi connectivity index (χ3v) is 1.78. The van der Waals surface area contributed by atoms with Crippen molar-refractivity contribution in [2.45, 2.75) is 0 Å². The van der Waals surface area contributed by atoms with E-state index in [2.05, 4.69) is 19.9 Å². The number of ether oxygens (including phenoxy) is 1. The van der Waals surface area contributed by atoms with Gasteiger partial charge in [-0.2, -0.15) is 0 Å². The summed E-state index contributed by atoms with van der Waals surface area (Å²) >= 11 is 0. The van der Waals surface area contributed by atoms with Crippen molar-refractivity contribution in [3.63, 3.8) is 0 Å². The zero-order valence-electron chi connectivity index (χ0n) is 7.34. The zero-order valence-corrected chi connectivity index (χ0v) is 7.34. The molecule has 14 heavy (non-hydrogen) atoms. The molecule has 0 aliphatic carbocycles. The van der Waals surface area contributed by atoms with Gasteiger partial charge in [0, 0.05) is 6.20 Å². The SMILES string of the molecule is COC(=O)c1cnc2nncn2c1N. The molecule has 0 aliphatic heterocycles. The van der Waals surface area contributed by atoms with Crippen molar-refractivity contribution in [1.29, 1.82) is 0 Å². The van der Waals surface area contributed by atoms with E-state index in [4.69, 9.17) is 5.73 Å². The summed E-state index contributed by atoms with van der Waals surface area (Å²) in [6.45, 7) is 0. The van der Waals surface area contributed by atoms with Crippen LogP contribution in [0.15, 0.2) is 12.5 Å². The van der Waals surface area contributed by atoms with Crippen LogP contribution in [0.3, 0.4) is 0 Å². The predicted molar refractivity (Wildman–Crippen MR) is 46.5 cm³/mol. The first-order valence-corrected chi connectivity index (χ1v) is 3.76. The van der Waals surface area contributed by atoms with Gasteiger partial charge < -0.3 is 10.5 Å². The van der Waals surface area contributed by atoms with Gasteiger partial charge in [0.25, 0.3) is 5.78 Å². The average molecular weight is 193 g/mol. The first-order chi connectivity index (χ1) is 6.74. The van der Waals surface area contributed by atoms with Crippen LogP contribution in [0, 0.1) is 0 Å². The maximum Gasteiger partial charge on any atom is 0.343 e. The minimum Gasteiger partial charge on any atom is -0.465 e. The zero-order chi connectivity index (χ0) is 10.1. The van der Waals surface area contributed by atoms with Crippen molar-refractivity contribution in [2.24, 2.45) is 0 Å². The topological polar surface area (TPSA) is 95.4 Å². The van der Waals surface area contributed by atoms with Crippen molar-refractivity contribution < 1.29 is 9.53 Å². The first-order valence-electron chi connectivity index (χ1n) is 3.76. The smallest absolute Gasteiger partial charge is 0.343 e. The summed E-state index contributed by atoms with van der Waals surface area (Å²) in [6, 6.07) is 0. The Bertz CT molecular complexity index is 492. The molecular weight excluding hydrogens is 186 g/mol. The van der Waals surface area contributed by atoms with Crippen LogP contribution in [-0.4, -0.2) is 32.7 Å². The van der Waals surface area contributed by atoms with Crippen molar-refractivity contribution in [2.75, 3.05) is 12.8 Å². The summed E-state index contributed by atoms with van der Waals surface area (Å²) in [4.78, 5) is 15.1. The molecule has 0 fully saturated rings. The maximum atomic E-state index is 11.2. The van der Waals surface area contributed by atoms with Crippen LogP contribution in [0.1, 0.15) is 10.4 Å². The van der Waals surface area contributed by atoms with E-state index in [1.54, 1.807) is 0 Å². The first kappa shape index (κ1) is 8.42. The summed E-state index contributed by atoms with van der Waals surface area (Å²) < 4.78 is 5.94. The molecule has 0 spiro atoms. The molecule has 0 unspecified atom stereocenters. The monoisotopic (exact) mass is 193 g/mol. The molecule has 0 amide bonds. The lowest BCUT2D eigenvalue weighted by Crippen LogP contribution is -2.10. The summed E-state index contributed by atoms with van der Waals surface area (Å²) in [5.74, 6) is 0.0209. The number of nitrogens with zero attached hydrogens (tertiary/aromatic N) is 4. The second-order valence-electron chi connectivity index (χ2n) is 2.55. The molecule has 0 aromatic carbocycles. The van der Waals surface area contributed by atoms with E-state index < -0.39 is 5.97 Å². The fourth-order valence-electron chi connectivity index (χ4n) is 1.07. The third kappa shape index (κ3) is 1.06. The van der Waals surface area contributed by atoms with Crippen LogP contribution in [0.5, 0.6) is 0 Å². The van der Waals surface area contributed by atoms with Gasteiger partial charge in [0.1, 0.15) is 17.7 Å². The number of nitrogens with two attached hydrogens (primary N) is 1. The molecule has 0 bridgehead atoms. The highest BCUT2D eigenvalue weighted by molar-refractivity contribution is 5.94. The molecule has 2 aromatic rings. The summed E-state index contributed by atoms with van der Waals surface area (Å²) in [7, 11) is 1.28. The maximum absolute atomic E-state index is 11.2. The van der Waals surface area contributed by atoms with Crippen molar-refractivity contribution in [3.05, 3.63) is 18.1 Å². The lowest BCUT2D eigenvalue weighted by molar-refractivity contribution is 0.0601. The highest BCUT2D eigenvalue weighted by Gasteiger charge is 2.13. The van der Waals surface area contributed by atoms with Crippen LogP contribution >= 0.6 is 0 Å². The Morgan fingerprint density at radius 2 is 2.43 bits per heavy atom. The predicted octanol–water partition coefficient (Wildman–Crippen LogP) is -0.507. The molecule has 72 valence electrons. The summed E-state index contributed by atoms with van der Waals surface area (Å²) in [5, 5.41) is 7.28. The largest absolute Gasteiger partial charge is 0.465 e. The number of methoxy groups -OCH3 is 1. The van der Waals surface area contributed by atoms with Gasteiger partial charge in [-0.05, 0) is 0 Å². The molecule has 2 heterocycles. The Morgan fingerprint density at radius 1 is 1.64 bits per heavy atom. The van der Waals surface area contributed by atoms with Gasteiger partial charge >= 0.3 is 5.97 Å². The highest BCUT2D eigenvalue weighted by Crippen LogP contribution is 2.11. The number of esters is 1. The molecule has 0 radical (unpaired) electrons. The lowest BCUT2D eigenvalue weighted by atomic mass is 10.3. The Kier molecular flexibility index (Phi) is 1.77. The second kappa shape index (κ2) is 2.95. The molecule has 7 heteroatoms. The van der Waals surface area contributed by atoms with Gasteiger partial charge in [-0.1, -0.05) is 0 Å². The van der Waals surface area contributed by atoms with E-state index in [1.165, 1.54) is 24.0 Å². The molecule has 7 nitrogen and oxygen atoms in total. The van der Waals surface area contributed by atoms with Gasteiger partial charge in [0.05, 0.1) is 7.11 Å². The van der Waals surface area contributed by atoms with Gasteiger partial charge in [-0.3, -0.25) is 4.40 Å². The lowest BCUT2D eigenvalue weighted by Gasteiger charge is -2.03. The minimum atomic E-state index is -0.536. The van der Waals surface area contributed by atoms with Crippen LogP contribution in [-0.2, 0) is 4.74 Å². The van der Waals surface area contributed by atoms with Crippen LogP contribution < -0.4 is 5.73 Å². The van der Waals surface area contributed by atoms with E-state index in [0.717, 1.165) is 0 Å². The highest BCUT2D eigenvalue weighted by atomic mass is 16.5. The summed E-state index contributed by atoms with van der Waals surface area (Å²) in [6.07, 6.45) is 2.69. The van der Waals surface area contributed by atoms with Crippen molar-refractivity contribution in [3.8, 4) is 0 Å². The quantitative estimate of drug-likeness (QED) is 0.613. The Labute approximate surface area is 78.5 Å². The molecular formula is C7H7N5O2. The minimum absolute atomic E-state index is 0.194. The molecule has 2 aromatic heterocycles. The van der Waals surface area contributed by atoms with E-state index in [0.29, 0.717) is 5.78 Å². The van der Waals surface area contributed by atoms with Crippen molar-refractivity contribution in [1.82, 2.24) is 19.6 Å². The molecule has 0 saturated carbocycles. The number of fused-ring (bicyclic) bond motifs is 1. The number of hydrogen-bond acceptors (Lipinski definition) is 6. The van der Waals surface area contributed by atoms with Gasteiger partial charge in [-0.15, -0.1) is 10.2 Å². The number of hydrogen-bond donors (Lipinski definition) is 1. The fourth-order valence-corrected chi connectivity index (χ4v) is 1.07. The number of carbonyl (C=O) groups is 1. The van der Waals surface area contributed by atoms with Gasteiger partial charge in [0.2, 0.25) is 0 Å². The molecule has 0 atom stereocenters. The second-order valence-corrected chi connectivity index (χ2v) is 2.55. The number of rotatable bonds is 1. The van der Waals surface area contributed by atoms with Crippen LogP contribution in [0.25, 0.3) is 5.78 Å². The number of carbonyl (C=O) groups excluding carboxylic acids is 1. The van der Waals surface area contributed by atoms with E-state index in [1.807, 2.05) is 0 Å². The van der Waals surface area contributed by atoms with Crippen molar-refractivity contribution >= 4 is 17.6 Å². The molecule has 2 rings (SSSR count). The normalized spacial score (nSPS) is 10.4. The Hall–Kier alpha value is -2.18. The number of aromatic nitrogens is 4. The standard InChI is InChI=1S/C7H7N5O2/c1-14-6(13)4-2-9-7-11-10-3-12(7)5(4)8/h2-3H,8H2,1H3. The molecule has 0 saturated heterocycles. The third-order valence-electron chi connectivity index (χ3n) is 1.78. The van der Waals surface area contributed by atoms with Crippen LogP contribution in [0.2, 0.25) is 0 Å². The molecule has 0 aliphatic rings. The summed E-state index contributed by atoms with van der Waals surface area (Å²) in [5.41, 5.74) is 5.88. The van der Waals surface area contributed by atoms with Crippen LogP contribution in [0.4, 0.5) is 5.82 Å². The van der Waals surface area contributed by atoms with Gasteiger partial charge in [-0.25, -0.2) is 9.78 Å². The van der Waals surface area contributed by atoms with E-state index in [9.17, 15) is 4.79 Å². The Morgan fingerprint density at radius 3 is 3.14 bits per heavy atom. The van der Waals surface area contributed by atoms with E-state index in [-0.39, 0.29) is 11.4 Å². The molecule has 2 N–H and O–H groups in total. The number of anilines is 1.